The number of amides is 2. The number of hydrogen-bond donors (Lipinski definition) is 0. The molecule has 0 aliphatic rings. The molecule has 0 unspecified atom stereocenters. The Labute approximate surface area is 215 Å². The van der Waals surface area contributed by atoms with Gasteiger partial charge in [0.2, 0.25) is 0 Å². The van der Waals surface area contributed by atoms with Gasteiger partial charge in [0.15, 0.2) is 0 Å². The van der Waals surface area contributed by atoms with Gasteiger partial charge in [-0.05, 0) is 30.9 Å². The molecule has 2 aromatic rings. The molecule has 2 rings (SSSR count). The van der Waals surface area contributed by atoms with Gasteiger partial charge in [0.1, 0.15) is 12.3 Å². The average molecular weight is 519 g/mol. The van der Waals surface area contributed by atoms with Crippen molar-refractivity contribution in [1.29, 1.82) is 0 Å². The molecule has 36 heavy (non-hydrogen) atoms. The summed E-state index contributed by atoms with van der Waals surface area (Å²) in [4.78, 5) is 30.2. The fraction of sp³-hybridized carbons (Fsp3) is 0.481. The van der Waals surface area contributed by atoms with Gasteiger partial charge >= 0.3 is 19.6 Å². The van der Waals surface area contributed by atoms with Crippen LogP contribution in [0.15, 0.2) is 60.7 Å². The summed E-state index contributed by atoms with van der Waals surface area (Å²) in [7, 11) is -2.26. The molecular weight excluding hydrogens is 479 g/mol. The van der Waals surface area contributed by atoms with Crippen LogP contribution in [-0.2, 0) is 36.1 Å². The number of nitrogens with zero attached hydrogens (tertiary/aromatic N) is 2. The van der Waals surface area contributed by atoms with Crippen LogP contribution >= 0.6 is 7.60 Å². The second kappa shape index (κ2) is 14.8. The largest absolute Gasteiger partial charge is 0.467 e. The molecule has 1 atom stereocenters. The van der Waals surface area contributed by atoms with E-state index in [0.29, 0.717) is 6.54 Å². The fourth-order valence-electron chi connectivity index (χ4n) is 3.93. The number of benzene rings is 2. The molecule has 2 amide bonds. The number of carbonyl (C=O) groups is 2. The first kappa shape index (κ1) is 29.6. The predicted octanol–water partition coefficient (Wildman–Crippen LogP) is 5.57. The second-order valence-corrected chi connectivity index (χ2v) is 10.8. The summed E-state index contributed by atoms with van der Waals surface area (Å²) in [5, 5.41) is 0. The van der Waals surface area contributed by atoms with E-state index in [1.165, 1.54) is 16.9 Å². The highest BCUT2D eigenvalue weighted by Gasteiger charge is 2.37. The van der Waals surface area contributed by atoms with E-state index < -0.39 is 25.6 Å². The monoisotopic (exact) mass is 518 g/mol. The number of hydrogen-bond acceptors (Lipinski definition) is 6. The molecule has 0 aromatic heterocycles. The van der Waals surface area contributed by atoms with Crippen LogP contribution in [0.2, 0.25) is 0 Å². The highest BCUT2D eigenvalue weighted by atomic mass is 31.2. The van der Waals surface area contributed by atoms with E-state index in [1.54, 1.807) is 13.8 Å². The van der Waals surface area contributed by atoms with Crippen LogP contribution in [0.4, 0.5) is 4.79 Å². The summed E-state index contributed by atoms with van der Waals surface area (Å²) < 4.78 is 29.5. The number of urea groups is 1. The topological polar surface area (TPSA) is 85.4 Å². The van der Waals surface area contributed by atoms with Gasteiger partial charge in [-0.15, -0.1) is 0 Å². The third kappa shape index (κ3) is 9.08. The van der Waals surface area contributed by atoms with Gasteiger partial charge in [-0.1, -0.05) is 74.5 Å². The number of carbonyl (C=O) groups excluding carboxylic acids is 2. The lowest BCUT2D eigenvalue weighted by molar-refractivity contribution is -0.146. The molecule has 0 bridgehead atoms. The lowest BCUT2D eigenvalue weighted by atomic mass is 10.0. The molecule has 2 aromatic carbocycles. The number of esters is 1. The Balaban J connectivity index is 2.51. The van der Waals surface area contributed by atoms with Gasteiger partial charge in [-0.25, -0.2) is 9.59 Å². The molecule has 0 heterocycles. The maximum atomic E-state index is 14.1. The highest BCUT2D eigenvalue weighted by Crippen LogP contribution is 2.48. The minimum Gasteiger partial charge on any atom is -0.467 e. The van der Waals surface area contributed by atoms with Gasteiger partial charge in [0.05, 0.1) is 20.3 Å². The standard InChI is InChI=1S/C27H39N2O6P/c1-6-34-36(32,35-7-2)21-28(19-22(3)4)27(31)29(20-24-16-12-9-13-17-24)25(26(30)33-5)18-23-14-10-8-11-15-23/h8-17,22,25H,6-7,18-21H2,1-5H3/t25-/m0/s1. The second-order valence-electron chi connectivity index (χ2n) is 8.83. The van der Waals surface area contributed by atoms with E-state index in [1.807, 2.05) is 74.5 Å². The van der Waals surface area contributed by atoms with Gasteiger partial charge in [0, 0.05) is 19.5 Å². The van der Waals surface area contributed by atoms with E-state index in [0.717, 1.165) is 11.1 Å². The molecule has 0 saturated carbocycles. The van der Waals surface area contributed by atoms with Crippen molar-refractivity contribution in [3.8, 4) is 0 Å². The van der Waals surface area contributed by atoms with Crippen LogP contribution in [0.3, 0.4) is 0 Å². The minimum atomic E-state index is -3.57. The SMILES string of the molecule is CCOP(=O)(CN(CC(C)C)C(=O)N(Cc1ccccc1)[C@@H](Cc1ccccc1)C(=O)OC)OCC. The Kier molecular flexibility index (Phi) is 12.1. The van der Waals surface area contributed by atoms with Crippen LogP contribution in [-0.4, -0.2) is 61.0 Å². The predicted molar refractivity (Wildman–Crippen MR) is 141 cm³/mol. The van der Waals surface area contributed by atoms with E-state index >= 15 is 0 Å². The van der Waals surface area contributed by atoms with E-state index in [9.17, 15) is 14.2 Å². The smallest absolute Gasteiger partial charge is 0.349 e. The fourth-order valence-corrected chi connectivity index (χ4v) is 5.60. The maximum Gasteiger partial charge on any atom is 0.349 e. The van der Waals surface area contributed by atoms with Crippen molar-refractivity contribution in [3.63, 3.8) is 0 Å². The van der Waals surface area contributed by atoms with Gasteiger partial charge in [0.25, 0.3) is 0 Å². The molecule has 198 valence electrons. The van der Waals surface area contributed by atoms with Crippen molar-refractivity contribution in [3.05, 3.63) is 71.8 Å². The van der Waals surface area contributed by atoms with Crippen LogP contribution in [0, 0.1) is 5.92 Å². The summed E-state index contributed by atoms with van der Waals surface area (Å²) >= 11 is 0. The van der Waals surface area contributed by atoms with Gasteiger partial charge in [-0.3, -0.25) is 4.57 Å². The van der Waals surface area contributed by atoms with Crippen LogP contribution in [0.1, 0.15) is 38.8 Å². The minimum absolute atomic E-state index is 0.0786. The molecule has 0 aliphatic heterocycles. The first-order valence-corrected chi connectivity index (χ1v) is 14.0. The van der Waals surface area contributed by atoms with Crippen molar-refractivity contribution in [2.75, 3.05) is 33.2 Å². The Morgan fingerprint density at radius 1 is 0.889 bits per heavy atom. The Hall–Kier alpha value is -2.67. The molecule has 0 fully saturated rings. The van der Waals surface area contributed by atoms with E-state index in [-0.39, 0.29) is 38.4 Å². The van der Waals surface area contributed by atoms with Crippen molar-refractivity contribution >= 4 is 19.6 Å². The zero-order chi connectivity index (χ0) is 26.6. The molecule has 0 N–H and O–H groups in total. The molecule has 0 saturated heterocycles. The number of ether oxygens (including phenoxy) is 1. The van der Waals surface area contributed by atoms with Crippen LogP contribution in [0.5, 0.6) is 0 Å². The average Bonchev–Trinajstić information content (AvgIpc) is 2.86. The zero-order valence-corrected chi connectivity index (χ0v) is 22.9. The van der Waals surface area contributed by atoms with E-state index in [4.69, 9.17) is 13.8 Å². The van der Waals surface area contributed by atoms with Crippen molar-refractivity contribution < 1.29 is 27.9 Å². The van der Waals surface area contributed by atoms with Crippen LogP contribution in [0.25, 0.3) is 0 Å². The summed E-state index contributed by atoms with van der Waals surface area (Å²) in [5.74, 6) is -0.444. The summed E-state index contributed by atoms with van der Waals surface area (Å²) in [6.45, 7) is 8.26. The molecule has 8 nitrogen and oxygen atoms in total. The summed E-state index contributed by atoms with van der Waals surface area (Å²) in [6.07, 6.45) is 0.0619. The zero-order valence-electron chi connectivity index (χ0n) is 22.0. The first-order chi connectivity index (χ1) is 17.2. The highest BCUT2D eigenvalue weighted by molar-refractivity contribution is 7.53. The summed E-state index contributed by atoms with van der Waals surface area (Å²) in [6, 6.07) is 17.6. The third-order valence-corrected chi connectivity index (χ3v) is 7.41. The first-order valence-electron chi connectivity index (χ1n) is 12.3. The Bertz CT molecular complexity index is 976. The van der Waals surface area contributed by atoms with Crippen molar-refractivity contribution in [2.45, 2.75) is 46.7 Å². The van der Waals surface area contributed by atoms with Gasteiger partial charge in [-0.2, -0.15) is 0 Å². The van der Waals surface area contributed by atoms with Crippen LogP contribution < -0.4 is 0 Å². The number of rotatable bonds is 14. The molecule has 0 radical (unpaired) electrons. The molecule has 9 heteroatoms. The van der Waals surface area contributed by atoms with Crippen molar-refractivity contribution in [2.24, 2.45) is 5.92 Å². The maximum absolute atomic E-state index is 14.1. The lowest BCUT2D eigenvalue weighted by Crippen LogP contribution is -2.52. The quantitative estimate of drug-likeness (QED) is 0.240. The Morgan fingerprint density at radius 2 is 1.42 bits per heavy atom. The summed E-state index contributed by atoms with van der Waals surface area (Å²) in [5.41, 5.74) is 1.75. The third-order valence-electron chi connectivity index (χ3n) is 5.41. The Morgan fingerprint density at radius 3 is 1.89 bits per heavy atom. The normalized spacial score (nSPS) is 12.3. The molecule has 0 aliphatic carbocycles. The number of methoxy groups -OCH3 is 1. The molecule has 0 spiro atoms. The van der Waals surface area contributed by atoms with Gasteiger partial charge < -0.3 is 23.6 Å². The van der Waals surface area contributed by atoms with Crippen molar-refractivity contribution in [1.82, 2.24) is 9.80 Å². The van der Waals surface area contributed by atoms with E-state index in [2.05, 4.69) is 0 Å². The molecular formula is C27H39N2O6P. The lowest BCUT2D eigenvalue weighted by Gasteiger charge is -2.36.